The number of nitrogens with zero attached hydrogens (tertiary/aromatic N) is 2. The Morgan fingerprint density at radius 3 is 2.80 bits per heavy atom. The molecule has 1 heterocycles. The quantitative estimate of drug-likeness (QED) is 0.811. The third-order valence-electron chi connectivity index (χ3n) is 2.36. The summed E-state index contributed by atoms with van der Waals surface area (Å²) in [5, 5.41) is 7.66. The third-order valence-corrected chi connectivity index (χ3v) is 3.69. The molecule has 15 heavy (non-hydrogen) atoms. The second kappa shape index (κ2) is 6.12. The summed E-state index contributed by atoms with van der Waals surface area (Å²) in [6.07, 6.45) is 1.17. The Labute approximate surface area is 95.2 Å². The summed E-state index contributed by atoms with van der Waals surface area (Å²) < 4.78 is 5.15. The molecule has 0 amide bonds. The molecule has 0 aliphatic carbocycles. The number of rotatable bonds is 6. The zero-order valence-corrected chi connectivity index (χ0v) is 10.6. The summed E-state index contributed by atoms with van der Waals surface area (Å²) in [7, 11) is 1.88. The molecule has 0 bridgehead atoms. The minimum atomic E-state index is 0.125. The Morgan fingerprint density at radius 2 is 2.20 bits per heavy atom. The third kappa shape index (κ3) is 3.83. The van der Waals surface area contributed by atoms with Crippen molar-refractivity contribution in [3.05, 3.63) is 11.7 Å². The Balaban J connectivity index is 2.46. The van der Waals surface area contributed by atoms with Crippen molar-refractivity contribution in [2.75, 3.05) is 7.05 Å². The SMILES string of the molecule is CCC(C)SCc1noc(C(C)NC)n1. The number of nitrogens with one attached hydrogen (secondary N) is 1. The molecule has 1 rings (SSSR count). The molecule has 1 aromatic rings. The first-order valence-corrected chi connectivity index (χ1v) is 6.33. The van der Waals surface area contributed by atoms with E-state index in [0.29, 0.717) is 11.1 Å². The van der Waals surface area contributed by atoms with E-state index in [1.807, 2.05) is 25.7 Å². The van der Waals surface area contributed by atoms with Crippen LogP contribution in [0, 0.1) is 0 Å². The first-order valence-electron chi connectivity index (χ1n) is 5.28. The highest BCUT2D eigenvalue weighted by Crippen LogP contribution is 2.19. The fourth-order valence-electron chi connectivity index (χ4n) is 0.960. The van der Waals surface area contributed by atoms with Crippen LogP contribution in [0.4, 0.5) is 0 Å². The maximum Gasteiger partial charge on any atom is 0.243 e. The average Bonchev–Trinajstić information content (AvgIpc) is 2.73. The first kappa shape index (κ1) is 12.5. The highest BCUT2D eigenvalue weighted by Gasteiger charge is 2.12. The molecule has 1 aromatic heterocycles. The average molecular weight is 229 g/mol. The molecule has 0 saturated carbocycles. The lowest BCUT2D eigenvalue weighted by molar-refractivity contribution is 0.344. The first-order chi connectivity index (χ1) is 7.17. The fraction of sp³-hybridized carbons (Fsp3) is 0.800. The number of hydrogen-bond acceptors (Lipinski definition) is 5. The van der Waals surface area contributed by atoms with E-state index in [9.17, 15) is 0 Å². The smallest absolute Gasteiger partial charge is 0.243 e. The zero-order chi connectivity index (χ0) is 11.3. The Hall–Kier alpha value is -0.550. The van der Waals surface area contributed by atoms with E-state index in [4.69, 9.17) is 4.52 Å². The number of thioether (sulfide) groups is 1. The number of hydrogen-bond donors (Lipinski definition) is 1. The van der Waals surface area contributed by atoms with Gasteiger partial charge in [-0.3, -0.25) is 0 Å². The topological polar surface area (TPSA) is 51.0 Å². The van der Waals surface area contributed by atoms with Crippen molar-refractivity contribution < 1.29 is 4.52 Å². The molecule has 86 valence electrons. The molecule has 0 aromatic carbocycles. The van der Waals surface area contributed by atoms with E-state index in [-0.39, 0.29) is 6.04 Å². The molecule has 0 aliphatic heterocycles. The van der Waals surface area contributed by atoms with Gasteiger partial charge >= 0.3 is 0 Å². The molecule has 0 fully saturated rings. The zero-order valence-electron chi connectivity index (χ0n) is 9.78. The monoisotopic (exact) mass is 229 g/mol. The van der Waals surface area contributed by atoms with E-state index >= 15 is 0 Å². The van der Waals surface area contributed by atoms with Gasteiger partial charge in [0.05, 0.1) is 11.8 Å². The second-order valence-electron chi connectivity index (χ2n) is 3.59. The van der Waals surface area contributed by atoms with Crippen molar-refractivity contribution in [3.63, 3.8) is 0 Å². The summed E-state index contributed by atoms with van der Waals surface area (Å²) in [5.41, 5.74) is 0. The second-order valence-corrected chi connectivity index (χ2v) is 5.02. The van der Waals surface area contributed by atoms with Crippen LogP contribution < -0.4 is 5.32 Å². The summed E-state index contributed by atoms with van der Waals surface area (Å²) in [4.78, 5) is 4.33. The summed E-state index contributed by atoms with van der Waals surface area (Å²) in [6.45, 7) is 6.39. The summed E-state index contributed by atoms with van der Waals surface area (Å²) >= 11 is 1.86. The normalized spacial score (nSPS) is 15.2. The van der Waals surface area contributed by atoms with Gasteiger partial charge in [-0.25, -0.2) is 0 Å². The van der Waals surface area contributed by atoms with Gasteiger partial charge < -0.3 is 9.84 Å². The lowest BCUT2D eigenvalue weighted by atomic mass is 10.3. The predicted octanol–water partition coefficient (Wildman–Crippen LogP) is 2.38. The van der Waals surface area contributed by atoms with Crippen molar-refractivity contribution in [2.45, 2.75) is 44.2 Å². The van der Waals surface area contributed by atoms with Crippen LogP contribution in [0.2, 0.25) is 0 Å². The van der Waals surface area contributed by atoms with Gasteiger partial charge in [0.1, 0.15) is 0 Å². The van der Waals surface area contributed by atoms with Gasteiger partial charge in [0, 0.05) is 5.25 Å². The van der Waals surface area contributed by atoms with E-state index < -0.39 is 0 Å². The molecular formula is C10H19N3OS. The van der Waals surface area contributed by atoms with Gasteiger partial charge in [0.25, 0.3) is 0 Å². The highest BCUT2D eigenvalue weighted by molar-refractivity contribution is 7.99. The van der Waals surface area contributed by atoms with Crippen LogP contribution in [0.5, 0.6) is 0 Å². The van der Waals surface area contributed by atoms with Gasteiger partial charge in [0.2, 0.25) is 5.89 Å². The molecule has 1 N–H and O–H groups in total. The Kier molecular flexibility index (Phi) is 5.11. The molecule has 0 spiro atoms. The molecular weight excluding hydrogens is 210 g/mol. The van der Waals surface area contributed by atoms with Crippen molar-refractivity contribution in [1.29, 1.82) is 0 Å². The van der Waals surface area contributed by atoms with Crippen LogP contribution >= 0.6 is 11.8 Å². The van der Waals surface area contributed by atoms with Gasteiger partial charge in [-0.1, -0.05) is 19.0 Å². The van der Waals surface area contributed by atoms with Crippen LogP contribution in [0.25, 0.3) is 0 Å². The maximum atomic E-state index is 5.15. The summed E-state index contributed by atoms with van der Waals surface area (Å²) in [5.74, 6) is 2.28. The fourth-order valence-corrected chi connectivity index (χ4v) is 1.75. The molecule has 5 heteroatoms. The lowest BCUT2D eigenvalue weighted by Crippen LogP contribution is -2.12. The minimum Gasteiger partial charge on any atom is -0.338 e. The van der Waals surface area contributed by atoms with Crippen LogP contribution in [0.15, 0.2) is 4.52 Å². The molecule has 2 unspecified atom stereocenters. The van der Waals surface area contributed by atoms with Crippen molar-refractivity contribution >= 4 is 11.8 Å². The minimum absolute atomic E-state index is 0.125. The maximum absolute atomic E-state index is 5.15. The van der Waals surface area contributed by atoms with E-state index in [1.54, 1.807) is 0 Å². The molecule has 2 atom stereocenters. The Morgan fingerprint density at radius 1 is 1.47 bits per heavy atom. The summed E-state index contributed by atoms with van der Waals surface area (Å²) in [6, 6.07) is 0.125. The van der Waals surface area contributed by atoms with Crippen LogP contribution in [0.1, 0.15) is 44.9 Å². The molecule has 0 radical (unpaired) electrons. The molecule has 0 aliphatic rings. The van der Waals surface area contributed by atoms with Gasteiger partial charge in [0.15, 0.2) is 5.82 Å². The number of aromatic nitrogens is 2. The van der Waals surface area contributed by atoms with Crippen LogP contribution in [0.3, 0.4) is 0 Å². The van der Waals surface area contributed by atoms with Gasteiger partial charge in [-0.05, 0) is 20.4 Å². The standard InChI is InChI=1S/C10H19N3OS/c1-5-7(2)15-6-9-12-10(14-13-9)8(3)11-4/h7-8,11H,5-6H2,1-4H3. The van der Waals surface area contributed by atoms with Gasteiger partial charge in [-0.2, -0.15) is 16.7 Å². The van der Waals surface area contributed by atoms with Crippen LogP contribution in [-0.4, -0.2) is 22.4 Å². The van der Waals surface area contributed by atoms with Gasteiger partial charge in [-0.15, -0.1) is 0 Å². The van der Waals surface area contributed by atoms with Crippen molar-refractivity contribution in [2.24, 2.45) is 0 Å². The largest absolute Gasteiger partial charge is 0.338 e. The Bertz CT molecular complexity index is 290. The molecule has 4 nitrogen and oxygen atoms in total. The van der Waals surface area contributed by atoms with E-state index in [1.165, 1.54) is 6.42 Å². The highest BCUT2D eigenvalue weighted by atomic mass is 32.2. The van der Waals surface area contributed by atoms with Crippen LogP contribution in [-0.2, 0) is 5.75 Å². The lowest BCUT2D eigenvalue weighted by Gasteiger charge is -2.04. The van der Waals surface area contributed by atoms with Crippen molar-refractivity contribution in [3.8, 4) is 0 Å². The molecule has 0 saturated heterocycles. The van der Waals surface area contributed by atoms with E-state index in [2.05, 4.69) is 29.3 Å². The van der Waals surface area contributed by atoms with E-state index in [0.717, 1.165) is 11.6 Å². The predicted molar refractivity (Wildman–Crippen MR) is 62.8 cm³/mol. The van der Waals surface area contributed by atoms with Crippen molar-refractivity contribution in [1.82, 2.24) is 15.5 Å².